The summed E-state index contributed by atoms with van der Waals surface area (Å²) in [6, 6.07) is 9.14. The fraction of sp³-hybridized carbons (Fsp3) is 0. The molecule has 96 valence electrons. The van der Waals surface area contributed by atoms with E-state index in [1.54, 1.807) is 29.2 Å². The van der Waals surface area contributed by atoms with E-state index >= 15 is 0 Å². The lowest BCUT2D eigenvalue weighted by Gasteiger charge is -1.97. The number of benzene rings is 1. The fourth-order valence-electron chi connectivity index (χ4n) is 1.87. The molecule has 0 fully saturated rings. The minimum absolute atomic E-state index is 0.214. The Morgan fingerprint density at radius 2 is 2.21 bits per heavy atom. The van der Waals surface area contributed by atoms with Crippen molar-refractivity contribution < 1.29 is 4.79 Å². The van der Waals surface area contributed by atoms with Crippen LogP contribution >= 0.6 is 0 Å². The van der Waals surface area contributed by atoms with Gasteiger partial charge in [-0.15, -0.1) is 0 Å². The number of carbonyl (C=O) groups is 1. The SMILES string of the molecule is O=C(N=[SH4])c1ccc2nn(-c3cccnc3)cc2c1. The van der Waals surface area contributed by atoms with Crippen LogP contribution in [0.4, 0.5) is 0 Å². The quantitative estimate of drug-likeness (QED) is 0.704. The van der Waals surface area contributed by atoms with Crippen molar-refractivity contribution in [3.05, 3.63) is 54.5 Å². The standard InChI is InChI=1S/C13H12N4OS/c18-13(16-19)9-3-4-12-10(6-9)8-17(15-12)11-2-1-5-14-7-11/h1-8H,19H4. The van der Waals surface area contributed by atoms with Gasteiger partial charge in [-0.05, 0) is 30.3 Å². The van der Waals surface area contributed by atoms with Gasteiger partial charge in [0.1, 0.15) is 0 Å². The van der Waals surface area contributed by atoms with Crippen molar-refractivity contribution in [3.8, 4) is 5.69 Å². The highest BCUT2D eigenvalue weighted by atomic mass is 32.1. The van der Waals surface area contributed by atoms with Gasteiger partial charge >= 0.3 is 0 Å². The maximum atomic E-state index is 11.5. The van der Waals surface area contributed by atoms with E-state index in [0.717, 1.165) is 16.6 Å². The summed E-state index contributed by atoms with van der Waals surface area (Å²) in [5.74, 6) is -0.214. The summed E-state index contributed by atoms with van der Waals surface area (Å²) >= 11 is 1.30. The molecule has 0 aliphatic rings. The zero-order valence-electron chi connectivity index (χ0n) is 10.0. The lowest BCUT2D eigenvalue weighted by Crippen LogP contribution is -1.93. The van der Waals surface area contributed by atoms with E-state index < -0.39 is 0 Å². The molecule has 0 atom stereocenters. The number of carbonyl (C=O) groups excluding carboxylic acids is 1. The monoisotopic (exact) mass is 272 g/mol. The highest BCUT2D eigenvalue weighted by molar-refractivity contribution is 7.47. The first-order valence-corrected chi connectivity index (χ1v) is 6.32. The summed E-state index contributed by atoms with van der Waals surface area (Å²) in [6.07, 6.45) is 5.33. The summed E-state index contributed by atoms with van der Waals surface area (Å²) in [4.78, 5) is 15.6. The van der Waals surface area contributed by atoms with Crippen LogP contribution in [0.2, 0.25) is 0 Å². The van der Waals surface area contributed by atoms with Gasteiger partial charge in [-0.1, -0.05) is 0 Å². The molecule has 2 heterocycles. The van der Waals surface area contributed by atoms with Crippen LogP contribution in [-0.2, 0) is 12.4 Å². The average molecular weight is 272 g/mol. The summed E-state index contributed by atoms with van der Waals surface area (Å²) in [5, 5.41) is 5.35. The summed E-state index contributed by atoms with van der Waals surface area (Å²) in [5.41, 5.74) is 2.29. The van der Waals surface area contributed by atoms with Crippen molar-refractivity contribution in [3.63, 3.8) is 0 Å². The third kappa shape index (κ3) is 2.17. The molecule has 0 spiro atoms. The molecule has 0 bridgehead atoms. The predicted octanol–water partition coefficient (Wildman–Crippen LogP) is 1.22. The van der Waals surface area contributed by atoms with Crippen molar-refractivity contribution in [2.75, 3.05) is 0 Å². The maximum Gasteiger partial charge on any atom is 0.280 e. The van der Waals surface area contributed by atoms with Crippen LogP contribution in [0.3, 0.4) is 0 Å². The molecule has 0 aliphatic heterocycles. The lowest BCUT2D eigenvalue weighted by atomic mass is 10.1. The molecule has 19 heavy (non-hydrogen) atoms. The van der Waals surface area contributed by atoms with Crippen molar-refractivity contribution in [2.45, 2.75) is 0 Å². The van der Waals surface area contributed by atoms with Crippen molar-refractivity contribution in [2.24, 2.45) is 4.36 Å². The number of fused-ring (bicyclic) bond motifs is 1. The first-order valence-electron chi connectivity index (χ1n) is 5.69. The fourth-order valence-corrected chi connectivity index (χ4v) is 2.05. The molecule has 0 saturated carbocycles. The second-order valence-corrected chi connectivity index (χ2v) is 4.34. The van der Waals surface area contributed by atoms with E-state index in [-0.39, 0.29) is 5.91 Å². The van der Waals surface area contributed by atoms with E-state index in [0.29, 0.717) is 5.56 Å². The Balaban J connectivity index is 2.11. The average Bonchev–Trinajstić information content (AvgIpc) is 2.90. The molecule has 2 aromatic heterocycles. The number of nitrogens with zero attached hydrogens (tertiary/aromatic N) is 4. The number of amides is 1. The first-order chi connectivity index (χ1) is 9.28. The molecular formula is C13H12N4OS. The van der Waals surface area contributed by atoms with Crippen LogP contribution in [0, 0.1) is 0 Å². The van der Waals surface area contributed by atoms with Crippen LogP contribution in [-0.4, -0.2) is 20.7 Å². The molecule has 0 N–H and O–H groups in total. The zero-order chi connectivity index (χ0) is 13.2. The van der Waals surface area contributed by atoms with Crippen LogP contribution in [0.15, 0.2) is 53.3 Å². The maximum absolute atomic E-state index is 11.5. The Bertz CT molecular complexity index is 767. The summed E-state index contributed by atoms with van der Waals surface area (Å²) in [7, 11) is 0. The van der Waals surface area contributed by atoms with E-state index in [4.69, 9.17) is 0 Å². The Morgan fingerprint density at radius 1 is 1.32 bits per heavy atom. The number of aromatic nitrogens is 3. The summed E-state index contributed by atoms with van der Waals surface area (Å²) in [6.45, 7) is 0. The molecular weight excluding hydrogens is 260 g/mol. The minimum Gasteiger partial charge on any atom is -0.266 e. The molecule has 3 aromatic rings. The van der Waals surface area contributed by atoms with Gasteiger partial charge in [0.25, 0.3) is 5.91 Å². The highest BCUT2D eigenvalue weighted by Crippen LogP contribution is 2.17. The Morgan fingerprint density at radius 3 is 2.95 bits per heavy atom. The minimum atomic E-state index is -0.214. The van der Waals surface area contributed by atoms with Crippen molar-refractivity contribution >= 4 is 29.2 Å². The number of pyridine rings is 1. The third-order valence-corrected chi connectivity index (χ3v) is 3.09. The van der Waals surface area contributed by atoms with E-state index in [2.05, 4.69) is 14.4 Å². The molecule has 0 saturated heterocycles. The van der Waals surface area contributed by atoms with Gasteiger partial charge in [0.2, 0.25) is 0 Å². The molecule has 0 unspecified atom stereocenters. The Hall–Kier alpha value is -2.34. The second-order valence-electron chi connectivity index (χ2n) is 4.02. The largest absolute Gasteiger partial charge is 0.280 e. The molecule has 3 rings (SSSR count). The van der Waals surface area contributed by atoms with E-state index in [1.165, 1.54) is 12.4 Å². The van der Waals surface area contributed by atoms with Crippen LogP contribution in [0.1, 0.15) is 10.4 Å². The van der Waals surface area contributed by atoms with E-state index in [9.17, 15) is 4.79 Å². The topological polar surface area (TPSA) is 60.1 Å². The van der Waals surface area contributed by atoms with Crippen molar-refractivity contribution in [1.29, 1.82) is 0 Å². The van der Waals surface area contributed by atoms with Crippen LogP contribution < -0.4 is 0 Å². The first kappa shape index (κ1) is 11.7. The molecule has 5 nitrogen and oxygen atoms in total. The van der Waals surface area contributed by atoms with Gasteiger partial charge in [-0.2, -0.15) is 5.10 Å². The third-order valence-electron chi connectivity index (χ3n) is 2.81. The van der Waals surface area contributed by atoms with Gasteiger partial charge in [0, 0.05) is 23.3 Å². The van der Waals surface area contributed by atoms with Crippen molar-refractivity contribution in [1.82, 2.24) is 14.8 Å². The number of rotatable bonds is 2. The lowest BCUT2D eigenvalue weighted by molar-refractivity contribution is 0.101. The smallest absolute Gasteiger partial charge is 0.266 e. The van der Waals surface area contributed by atoms with Gasteiger partial charge < -0.3 is 0 Å². The molecule has 1 amide bonds. The second kappa shape index (κ2) is 4.74. The molecule has 1 aromatic carbocycles. The van der Waals surface area contributed by atoms with Gasteiger partial charge in [0.05, 0.1) is 17.4 Å². The van der Waals surface area contributed by atoms with E-state index in [1.807, 2.05) is 24.4 Å². The van der Waals surface area contributed by atoms with Gasteiger partial charge in [-0.3, -0.25) is 9.78 Å². The molecule has 6 heteroatoms. The predicted molar refractivity (Wildman–Crippen MR) is 78.6 cm³/mol. The van der Waals surface area contributed by atoms with Gasteiger partial charge in [-0.25, -0.2) is 21.5 Å². The van der Waals surface area contributed by atoms with Crippen LogP contribution in [0.25, 0.3) is 16.6 Å². The highest BCUT2D eigenvalue weighted by Gasteiger charge is 2.07. The zero-order valence-corrected chi connectivity index (χ0v) is 11.4. The normalized spacial score (nSPS) is 10.6. The Kier molecular flexibility index (Phi) is 2.92. The van der Waals surface area contributed by atoms with Crippen LogP contribution in [0.5, 0.6) is 0 Å². The summed E-state index contributed by atoms with van der Waals surface area (Å²) < 4.78 is 5.43. The molecule has 0 radical (unpaired) electrons. The number of hydrogen-bond donors (Lipinski definition) is 0. The molecule has 0 aliphatic carbocycles. The Labute approximate surface area is 114 Å². The van der Waals surface area contributed by atoms with Gasteiger partial charge in [0.15, 0.2) is 0 Å². The number of hydrogen-bond acceptors (Lipinski definition) is 3.